The van der Waals surface area contributed by atoms with Crippen LogP contribution in [-0.4, -0.2) is 42.7 Å². The van der Waals surface area contributed by atoms with Crippen molar-refractivity contribution >= 4 is 11.8 Å². The molecule has 1 aliphatic rings. The number of aliphatic hydroxyl groups excluding tert-OH is 1. The van der Waals surface area contributed by atoms with Crippen molar-refractivity contribution in [2.45, 2.75) is 12.4 Å². The standard InChI is InChI=1S/C12H15NO5/c1-13(12(15)16)10-5-3-2-4-9(10)11-17-6-8(14)7-18-11/h2-5,8,11,14H,6-7H2,1H3,(H,15,16). The Bertz CT molecular complexity index is 428. The van der Waals surface area contributed by atoms with E-state index in [-0.39, 0.29) is 13.2 Å². The Morgan fingerprint density at radius 1 is 1.33 bits per heavy atom. The van der Waals surface area contributed by atoms with Crippen molar-refractivity contribution in [3.05, 3.63) is 29.8 Å². The molecule has 0 unspecified atom stereocenters. The van der Waals surface area contributed by atoms with Gasteiger partial charge in [0.15, 0.2) is 6.29 Å². The molecule has 1 amide bonds. The fourth-order valence-corrected chi connectivity index (χ4v) is 1.77. The number of aliphatic hydroxyl groups is 1. The van der Waals surface area contributed by atoms with Gasteiger partial charge in [-0.1, -0.05) is 18.2 Å². The highest BCUT2D eigenvalue weighted by molar-refractivity contribution is 5.86. The minimum absolute atomic E-state index is 0.176. The lowest BCUT2D eigenvalue weighted by Gasteiger charge is -2.29. The molecule has 98 valence electrons. The molecule has 6 heteroatoms. The molecule has 6 nitrogen and oxygen atoms in total. The summed E-state index contributed by atoms with van der Waals surface area (Å²) in [5, 5.41) is 18.3. The second-order valence-electron chi connectivity index (χ2n) is 4.05. The first-order valence-electron chi connectivity index (χ1n) is 5.56. The average Bonchev–Trinajstić information content (AvgIpc) is 2.39. The van der Waals surface area contributed by atoms with E-state index >= 15 is 0 Å². The Balaban J connectivity index is 2.24. The molecule has 0 spiro atoms. The molecule has 0 saturated carbocycles. The van der Waals surface area contributed by atoms with Gasteiger partial charge in [-0.3, -0.25) is 4.90 Å². The molecule has 1 aliphatic heterocycles. The molecule has 2 rings (SSSR count). The molecule has 1 aromatic carbocycles. The number of amides is 1. The summed E-state index contributed by atoms with van der Waals surface area (Å²) in [7, 11) is 1.46. The van der Waals surface area contributed by atoms with Gasteiger partial charge in [0, 0.05) is 12.6 Å². The second kappa shape index (κ2) is 5.34. The number of para-hydroxylation sites is 1. The quantitative estimate of drug-likeness (QED) is 0.828. The van der Waals surface area contributed by atoms with Gasteiger partial charge in [0.25, 0.3) is 0 Å². The summed E-state index contributed by atoms with van der Waals surface area (Å²) in [4.78, 5) is 12.1. The number of carbonyl (C=O) groups is 1. The van der Waals surface area contributed by atoms with E-state index in [2.05, 4.69) is 0 Å². The molecule has 18 heavy (non-hydrogen) atoms. The largest absolute Gasteiger partial charge is 0.465 e. The van der Waals surface area contributed by atoms with Crippen LogP contribution in [0.5, 0.6) is 0 Å². The maximum Gasteiger partial charge on any atom is 0.411 e. The van der Waals surface area contributed by atoms with Gasteiger partial charge in [-0.2, -0.15) is 0 Å². The molecule has 0 atom stereocenters. The number of hydrogen-bond donors (Lipinski definition) is 2. The number of benzene rings is 1. The topological polar surface area (TPSA) is 79.2 Å². The summed E-state index contributed by atoms with van der Waals surface area (Å²) < 4.78 is 10.7. The lowest BCUT2D eigenvalue weighted by Crippen LogP contribution is -2.32. The highest BCUT2D eigenvalue weighted by atomic mass is 16.7. The zero-order valence-electron chi connectivity index (χ0n) is 9.94. The number of rotatable bonds is 2. The molecule has 1 fully saturated rings. The first-order chi connectivity index (χ1) is 8.59. The molecule has 0 aliphatic carbocycles. The van der Waals surface area contributed by atoms with Crippen molar-refractivity contribution in [3.63, 3.8) is 0 Å². The third-order valence-corrected chi connectivity index (χ3v) is 2.72. The molecule has 2 N–H and O–H groups in total. The predicted octanol–water partition coefficient (Wildman–Crippen LogP) is 1.21. The molecule has 1 heterocycles. The van der Waals surface area contributed by atoms with E-state index in [0.717, 1.165) is 4.90 Å². The summed E-state index contributed by atoms with van der Waals surface area (Å²) in [6.07, 6.45) is -2.34. The zero-order chi connectivity index (χ0) is 13.1. The van der Waals surface area contributed by atoms with Gasteiger partial charge in [0.2, 0.25) is 0 Å². The van der Waals surface area contributed by atoms with Gasteiger partial charge in [-0.15, -0.1) is 0 Å². The van der Waals surface area contributed by atoms with Gasteiger partial charge < -0.3 is 19.7 Å². The van der Waals surface area contributed by atoms with E-state index in [1.54, 1.807) is 24.3 Å². The van der Waals surface area contributed by atoms with Crippen LogP contribution in [-0.2, 0) is 9.47 Å². The van der Waals surface area contributed by atoms with Crippen molar-refractivity contribution in [2.75, 3.05) is 25.2 Å². The number of anilines is 1. The highest BCUT2D eigenvalue weighted by Crippen LogP contribution is 2.30. The fraction of sp³-hybridized carbons (Fsp3) is 0.417. The Morgan fingerprint density at radius 3 is 2.56 bits per heavy atom. The Hall–Kier alpha value is -1.63. The normalized spacial score (nSPS) is 23.7. The monoisotopic (exact) mass is 253 g/mol. The van der Waals surface area contributed by atoms with Crippen molar-refractivity contribution in [1.29, 1.82) is 0 Å². The van der Waals surface area contributed by atoms with Crippen LogP contribution in [0.1, 0.15) is 11.9 Å². The van der Waals surface area contributed by atoms with Crippen LogP contribution in [0.25, 0.3) is 0 Å². The third kappa shape index (κ3) is 2.61. The average molecular weight is 253 g/mol. The summed E-state index contributed by atoms with van der Waals surface area (Å²) in [5.41, 5.74) is 1.14. The fourth-order valence-electron chi connectivity index (χ4n) is 1.77. The van der Waals surface area contributed by atoms with E-state index in [1.165, 1.54) is 7.05 Å². The first kappa shape index (κ1) is 12.8. The molecular weight excluding hydrogens is 238 g/mol. The van der Waals surface area contributed by atoms with Crippen LogP contribution in [0.2, 0.25) is 0 Å². The maximum atomic E-state index is 11.0. The summed E-state index contributed by atoms with van der Waals surface area (Å²) in [6, 6.07) is 6.96. The third-order valence-electron chi connectivity index (χ3n) is 2.72. The van der Waals surface area contributed by atoms with Crippen molar-refractivity contribution < 1.29 is 24.5 Å². The minimum Gasteiger partial charge on any atom is -0.465 e. The van der Waals surface area contributed by atoms with Gasteiger partial charge in [0.05, 0.1) is 18.9 Å². The molecule has 1 aromatic rings. The van der Waals surface area contributed by atoms with Crippen molar-refractivity contribution in [1.82, 2.24) is 0 Å². The number of ether oxygens (including phenoxy) is 2. The van der Waals surface area contributed by atoms with Crippen LogP contribution in [0.4, 0.5) is 10.5 Å². The number of carboxylic acid groups (broad SMARTS) is 1. The van der Waals surface area contributed by atoms with E-state index in [0.29, 0.717) is 11.3 Å². The van der Waals surface area contributed by atoms with E-state index < -0.39 is 18.5 Å². The Kier molecular flexibility index (Phi) is 3.81. The van der Waals surface area contributed by atoms with E-state index in [9.17, 15) is 9.90 Å². The number of hydrogen-bond acceptors (Lipinski definition) is 4. The zero-order valence-corrected chi connectivity index (χ0v) is 9.94. The van der Waals surface area contributed by atoms with Crippen LogP contribution in [0.3, 0.4) is 0 Å². The van der Waals surface area contributed by atoms with E-state index in [4.69, 9.17) is 14.6 Å². The first-order valence-corrected chi connectivity index (χ1v) is 5.56. The lowest BCUT2D eigenvalue weighted by molar-refractivity contribution is -0.220. The molecule has 0 radical (unpaired) electrons. The summed E-state index contributed by atoms with van der Waals surface area (Å²) in [6.45, 7) is 0.353. The minimum atomic E-state index is -1.06. The van der Waals surface area contributed by atoms with Gasteiger partial charge in [-0.25, -0.2) is 4.79 Å². The summed E-state index contributed by atoms with van der Waals surface area (Å²) in [5.74, 6) is 0. The van der Waals surface area contributed by atoms with E-state index in [1.807, 2.05) is 0 Å². The van der Waals surface area contributed by atoms with Crippen LogP contribution in [0.15, 0.2) is 24.3 Å². The molecule has 1 saturated heterocycles. The van der Waals surface area contributed by atoms with Crippen LogP contribution in [0, 0.1) is 0 Å². The van der Waals surface area contributed by atoms with Gasteiger partial charge >= 0.3 is 6.09 Å². The molecule has 0 aromatic heterocycles. The maximum absolute atomic E-state index is 11.0. The Labute approximate surface area is 104 Å². The summed E-state index contributed by atoms with van der Waals surface area (Å²) >= 11 is 0. The Morgan fingerprint density at radius 2 is 1.94 bits per heavy atom. The smallest absolute Gasteiger partial charge is 0.411 e. The van der Waals surface area contributed by atoms with Crippen LogP contribution < -0.4 is 4.90 Å². The van der Waals surface area contributed by atoms with Crippen molar-refractivity contribution in [2.24, 2.45) is 0 Å². The van der Waals surface area contributed by atoms with Gasteiger partial charge in [-0.05, 0) is 6.07 Å². The van der Waals surface area contributed by atoms with Crippen molar-refractivity contribution in [3.8, 4) is 0 Å². The number of nitrogens with zero attached hydrogens (tertiary/aromatic N) is 1. The molecular formula is C12H15NO5. The lowest BCUT2D eigenvalue weighted by atomic mass is 10.1. The highest BCUT2D eigenvalue weighted by Gasteiger charge is 2.25. The van der Waals surface area contributed by atoms with Gasteiger partial charge in [0.1, 0.15) is 6.10 Å². The SMILES string of the molecule is CN(C(=O)O)c1ccccc1C1OCC(O)CO1. The molecule has 0 bridgehead atoms. The second-order valence-corrected chi connectivity index (χ2v) is 4.05. The predicted molar refractivity (Wildman–Crippen MR) is 63.5 cm³/mol. The van der Waals surface area contributed by atoms with Crippen LogP contribution >= 0.6 is 0 Å².